The third-order valence-corrected chi connectivity index (χ3v) is 14.9. The van der Waals surface area contributed by atoms with Crippen molar-refractivity contribution < 1.29 is 4.74 Å². The van der Waals surface area contributed by atoms with Crippen LogP contribution in [0.25, 0.3) is 5.70 Å². The van der Waals surface area contributed by atoms with Gasteiger partial charge in [-0.25, -0.2) is 0 Å². The van der Waals surface area contributed by atoms with Crippen molar-refractivity contribution in [2.75, 3.05) is 0 Å². The van der Waals surface area contributed by atoms with Crippen LogP contribution in [0.3, 0.4) is 0 Å². The van der Waals surface area contributed by atoms with Crippen LogP contribution in [0, 0.1) is 35.0 Å². The predicted molar refractivity (Wildman–Crippen MR) is 235 cm³/mol. The van der Waals surface area contributed by atoms with E-state index in [1.165, 1.54) is 55.8 Å². The summed E-state index contributed by atoms with van der Waals surface area (Å²) in [6, 6.07) is 19.1. The molecule has 6 atom stereocenters. The quantitative estimate of drug-likeness (QED) is 0.309. The SMILES string of the molecule is N#CC1CCC(C2=CC3C(C=C2)c2ccc(C4=C(C5=CC=CCC5)C(C5=CC=CCC5)=NC(C5=CCCC=C5)N4)cc2C32c3ccccc3OC3C=CCCC32)CC1. The summed E-state index contributed by atoms with van der Waals surface area (Å²) >= 11 is 0. The molecule has 6 unspecified atom stereocenters. The number of aliphatic imine (C=N–C) groups is 1. The molecule has 1 saturated carbocycles. The molecule has 0 aromatic heterocycles. The molecule has 7 aliphatic carbocycles. The zero-order valence-corrected chi connectivity index (χ0v) is 33.5. The monoisotopic (exact) mass is 759 g/mol. The van der Waals surface area contributed by atoms with Crippen LogP contribution in [-0.2, 0) is 5.41 Å². The van der Waals surface area contributed by atoms with E-state index < -0.39 is 0 Å². The highest BCUT2D eigenvalue weighted by molar-refractivity contribution is 6.20. The molecule has 2 heterocycles. The van der Waals surface area contributed by atoms with Crippen LogP contribution >= 0.6 is 0 Å². The van der Waals surface area contributed by atoms with Gasteiger partial charge in [-0.05, 0) is 140 Å². The lowest BCUT2D eigenvalue weighted by atomic mass is 9.55. The molecule has 1 N–H and O–H groups in total. The topological polar surface area (TPSA) is 57.4 Å². The van der Waals surface area contributed by atoms with Crippen molar-refractivity contribution in [1.82, 2.24) is 5.32 Å². The van der Waals surface area contributed by atoms with E-state index >= 15 is 0 Å². The first-order chi connectivity index (χ1) is 28.7. The number of fused-ring (bicyclic) bond motifs is 9. The Hall–Kier alpha value is -5.40. The highest BCUT2D eigenvalue weighted by atomic mass is 16.5. The Balaban J connectivity index is 1.13. The number of para-hydroxylation sites is 1. The largest absolute Gasteiger partial charge is 0.486 e. The number of benzene rings is 2. The Kier molecular flexibility index (Phi) is 9.10. The van der Waals surface area contributed by atoms with Gasteiger partial charge < -0.3 is 10.1 Å². The number of ether oxygens (including phenoxy) is 1. The summed E-state index contributed by atoms with van der Waals surface area (Å²) in [6.45, 7) is 0. The van der Waals surface area contributed by atoms with Gasteiger partial charge in [0.05, 0.1) is 17.5 Å². The van der Waals surface area contributed by atoms with E-state index in [2.05, 4.69) is 139 Å². The minimum Gasteiger partial charge on any atom is -0.486 e. The van der Waals surface area contributed by atoms with Gasteiger partial charge in [0.15, 0.2) is 0 Å². The molecular weight excluding hydrogens is 707 g/mol. The maximum atomic E-state index is 9.72. The standard InChI is InChI=1S/C54H53N3O/c55-34-35-24-26-36(27-25-35)40-28-30-42-43-31-29-41(33-47(43)54(46(42)32-40)44-20-10-12-22-48(44)58-49-23-13-11-21-45(49)54)52-50(37-14-4-1-5-15-37)51(38-16-6-2-7-17-38)56-53(57-52)39-18-8-3-9-19-39/h1-2,4,6,8,10,12-14,16,18-20,22-23,28-33,35-36,42,45-46,49,53,57H,3,5,7,9,11,15,17,21,24-27H2. The Morgan fingerprint density at radius 3 is 2.41 bits per heavy atom. The van der Waals surface area contributed by atoms with Gasteiger partial charge in [0.2, 0.25) is 0 Å². The van der Waals surface area contributed by atoms with Crippen molar-refractivity contribution in [3.8, 4) is 11.8 Å². The van der Waals surface area contributed by atoms with Gasteiger partial charge in [0.1, 0.15) is 18.0 Å². The average Bonchev–Trinajstić information content (AvgIpc) is 3.58. The molecule has 1 spiro atoms. The average molecular weight is 760 g/mol. The summed E-state index contributed by atoms with van der Waals surface area (Å²) < 4.78 is 6.96. The van der Waals surface area contributed by atoms with Crippen LogP contribution in [0.15, 0.2) is 160 Å². The molecule has 11 rings (SSSR count). The summed E-state index contributed by atoms with van der Waals surface area (Å²) in [5.41, 5.74) is 14.4. The van der Waals surface area contributed by atoms with Crippen molar-refractivity contribution in [1.29, 1.82) is 5.26 Å². The van der Waals surface area contributed by atoms with E-state index in [-0.39, 0.29) is 35.4 Å². The van der Waals surface area contributed by atoms with Crippen molar-refractivity contribution in [2.45, 2.75) is 101 Å². The lowest BCUT2D eigenvalue weighted by Gasteiger charge is -2.52. The van der Waals surface area contributed by atoms with E-state index in [0.29, 0.717) is 11.8 Å². The normalized spacial score (nSPS) is 32.9. The van der Waals surface area contributed by atoms with E-state index in [0.717, 1.165) is 88.5 Å². The predicted octanol–water partition coefficient (Wildman–Crippen LogP) is 12.2. The lowest BCUT2D eigenvalue weighted by molar-refractivity contribution is 0.0677. The molecule has 0 radical (unpaired) electrons. The summed E-state index contributed by atoms with van der Waals surface area (Å²) in [5, 5.41) is 13.8. The van der Waals surface area contributed by atoms with Crippen LogP contribution in [0.1, 0.15) is 105 Å². The molecular formula is C54H53N3O. The molecule has 0 saturated heterocycles. The lowest BCUT2D eigenvalue weighted by Crippen LogP contribution is -2.51. The Bertz CT molecular complexity index is 2430. The number of rotatable bonds is 5. The Labute approximate surface area is 344 Å². The fourth-order valence-corrected chi connectivity index (χ4v) is 12.2. The van der Waals surface area contributed by atoms with Crippen molar-refractivity contribution in [3.05, 3.63) is 178 Å². The molecule has 4 nitrogen and oxygen atoms in total. The number of nitrogens with zero attached hydrogens (tertiary/aromatic N) is 2. The van der Waals surface area contributed by atoms with Crippen molar-refractivity contribution >= 4 is 11.4 Å². The Morgan fingerprint density at radius 1 is 0.776 bits per heavy atom. The Morgan fingerprint density at radius 2 is 1.62 bits per heavy atom. The maximum absolute atomic E-state index is 9.72. The maximum Gasteiger partial charge on any atom is 0.145 e. The van der Waals surface area contributed by atoms with E-state index in [1.54, 1.807) is 0 Å². The second-order valence-electron chi connectivity index (χ2n) is 17.9. The van der Waals surface area contributed by atoms with Gasteiger partial charge in [0, 0.05) is 40.2 Å². The van der Waals surface area contributed by atoms with Crippen molar-refractivity contribution in [3.63, 3.8) is 0 Å². The van der Waals surface area contributed by atoms with E-state index in [4.69, 9.17) is 9.73 Å². The molecule has 290 valence electrons. The van der Waals surface area contributed by atoms with Gasteiger partial charge in [-0.15, -0.1) is 0 Å². The molecule has 4 heteroatoms. The van der Waals surface area contributed by atoms with Crippen LogP contribution in [0.4, 0.5) is 0 Å². The highest BCUT2D eigenvalue weighted by Gasteiger charge is 2.61. The molecule has 0 amide bonds. The third kappa shape index (κ3) is 5.79. The van der Waals surface area contributed by atoms with Crippen LogP contribution in [0.5, 0.6) is 5.75 Å². The minimum absolute atomic E-state index is 0.0222. The number of allylic oxidation sites excluding steroid dienone is 16. The fourth-order valence-electron chi connectivity index (χ4n) is 12.2. The summed E-state index contributed by atoms with van der Waals surface area (Å²) in [5.74, 6) is 2.59. The molecule has 58 heavy (non-hydrogen) atoms. The first-order valence-corrected chi connectivity index (χ1v) is 22.3. The first kappa shape index (κ1) is 35.7. The second kappa shape index (κ2) is 14.8. The van der Waals surface area contributed by atoms with E-state index in [1.807, 2.05) is 0 Å². The van der Waals surface area contributed by atoms with Gasteiger partial charge in [-0.3, -0.25) is 4.99 Å². The van der Waals surface area contributed by atoms with Crippen LogP contribution in [-0.4, -0.2) is 18.0 Å². The number of hydrogen-bond acceptors (Lipinski definition) is 4. The molecule has 2 aromatic rings. The molecule has 0 bridgehead atoms. The summed E-state index contributed by atoms with van der Waals surface area (Å²) in [7, 11) is 0. The molecule has 1 fully saturated rings. The summed E-state index contributed by atoms with van der Waals surface area (Å²) in [4.78, 5) is 5.62. The van der Waals surface area contributed by atoms with Gasteiger partial charge in [0.25, 0.3) is 0 Å². The zero-order valence-electron chi connectivity index (χ0n) is 33.5. The van der Waals surface area contributed by atoms with Gasteiger partial charge in [-0.2, -0.15) is 5.26 Å². The first-order valence-electron chi connectivity index (χ1n) is 22.3. The number of nitrogens with one attached hydrogen (secondary N) is 1. The zero-order chi connectivity index (χ0) is 38.6. The third-order valence-electron chi connectivity index (χ3n) is 14.9. The minimum atomic E-state index is -0.260. The second-order valence-corrected chi connectivity index (χ2v) is 17.9. The van der Waals surface area contributed by atoms with Crippen LogP contribution < -0.4 is 10.1 Å². The van der Waals surface area contributed by atoms with Gasteiger partial charge >= 0.3 is 0 Å². The molecule has 9 aliphatic rings. The molecule has 2 aromatic carbocycles. The van der Waals surface area contributed by atoms with Gasteiger partial charge in [-0.1, -0.05) is 109 Å². The van der Waals surface area contributed by atoms with Crippen molar-refractivity contribution in [2.24, 2.45) is 28.7 Å². The van der Waals surface area contributed by atoms with Crippen LogP contribution in [0.2, 0.25) is 0 Å². The fraction of sp³-hybridized carbons (Fsp3) is 0.370. The van der Waals surface area contributed by atoms with E-state index in [9.17, 15) is 5.26 Å². The number of nitriles is 1. The molecule has 2 aliphatic heterocycles. The smallest absolute Gasteiger partial charge is 0.145 e. The highest BCUT2D eigenvalue weighted by Crippen LogP contribution is 2.66. The summed E-state index contributed by atoms with van der Waals surface area (Å²) in [6.07, 6.45) is 45.6. The number of hydrogen-bond donors (Lipinski definition) is 1.